The van der Waals surface area contributed by atoms with E-state index in [1.165, 1.54) is 0 Å². The molecule has 3 aromatic carbocycles. The van der Waals surface area contributed by atoms with E-state index in [-0.39, 0.29) is 10.8 Å². The third-order valence-electron chi connectivity index (χ3n) is 6.14. The Bertz CT molecular complexity index is 1410. The first-order valence-corrected chi connectivity index (χ1v) is 12.1. The maximum atomic E-state index is 6.12. The van der Waals surface area contributed by atoms with Crippen molar-refractivity contribution in [3.05, 3.63) is 83.9 Å². The molecule has 36 heavy (non-hydrogen) atoms. The molecule has 0 saturated heterocycles. The summed E-state index contributed by atoms with van der Waals surface area (Å²) in [6.45, 7) is 13.0. The van der Waals surface area contributed by atoms with Crippen LogP contribution in [0.25, 0.3) is 45.8 Å². The molecule has 0 spiro atoms. The van der Waals surface area contributed by atoms with Crippen LogP contribution in [0.1, 0.15) is 52.7 Å². The minimum Gasteiger partial charge on any atom is -0.416 e. The van der Waals surface area contributed by atoms with Crippen molar-refractivity contribution < 1.29 is 8.83 Å². The Labute approximate surface area is 211 Å². The van der Waals surface area contributed by atoms with E-state index in [2.05, 4.69) is 74.1 Å². The van der Waals surface area contributed by atoms with Gasteiger partial charge in [0.1, 0.15) is 0 Å². The quantitative estimate of drug-likeness (QED) is 0.263. The van der Waals surface area contributed by atoms with Gasteiger partial charge in [-0.05, 0) is 52.3 Å². The molecule has 5 rings (SSSR count). The molecular formula is C30H30N4O2. The molecule has 0 aliphatic rings. The Kier molecular flexibility index (Phi) is 5.83. The van der Waals surface area contributed by atoms with Crippen LogP contribution in [-0.4, -0.2) is 20.4 Å². The van der Waals surface area contributed by atoms with Gasteiger partial charge >= 0.3 is 0 Å². The summed E-state index contributed by atoms with van der Waals surface area (Å²) in [7, 11) is 0. The molecule has 6 heteroatoms. The average Bonchev–Trinajstić information content (AvgIpc) is 3.54. The fraction of sp³-hybridized carbons (Fsp3) is 0.267. The van der Waals surface area contributed by atoms with Gasteiger partial charge in [0.15, 0.2) is 0 Å². The van der Waals surface area contributed by atoms with Crippen molar-refractivity contribution in [2.45, 2.75) is 52.4 Å². The number of benzene rings is 3. The van der Waals surface area contributed by atoms with Crippen LogP contribution in [0.5, 0.6) is 0 Å². The van der Waals surface area contributed by atoms with Gasteiger partial charge in [0, 0.05) is 22.3 Å². The molecule has 0 unspecified atom stereocenters. The third kappa shape index (κ3) is 4.59. The number of nitrogens with zero attached hydrogens (tertiary/aromatic N) is 4. The van der Waals surface area contributed by atoms with Crippen LogP contribution in [0.3, 0.4) is 0 Å². The SMILES string of the molecule is CC(C)(C)c1ccccc1-c1nnc(-c2cccc(-c3nnc(-c4ccccc4C(C)(C)C)o3)c2)o1. The van der Waals surface area contributed by atoms with E-state index in [1.54, 1.807) is 0 Å². The van der Waals surface area contributed by atoms with Gasteiger partial charge in [-0.3, -0.25) is 0 Å². The van der Waals surface area contributed by atoms with E-state index in [4.69, 9.17) is 8.83 Å². The molecule has 2 heterocycles. The second-order valence-corrected chi connectivity index (χ2v) is 11.0. The zero-order valence-corrected chi connectivity index (χ0v) is 21.5. The predicted molar refractivity (Wildman–Crippen MR) is 141 cm³/mol. The van der Waals surface area contributed by atoms with Crippen molar-refractivity contribution in [3.63, 3.8) is 0 Å². The fourth-order valence-corrected chi connectivity index (χ4v) is 4.33. The summed E-state index contributed by atoms with van der Waals surface area (Å²) in [5.74, 6) is 1.88. The lowest BCUT2D eigenvalue weighted by Crippen LogP contribution is -2.12. The summed E-state index contributed by atoms with van der Waals surface area (Å²) in [5, 5.41) is 17.4. The first kappa shape index (κ1) is 23.7. The summed E-state index contributed by atoms with van der Waals surface area (Å²) in [4.78, 5) is 0. The highest BCUT2D eigenvalue weighted by Gasteiger charge is 2.23. The van der Waals surface area contributed by atoms with Gasteiger partial charge in [-0.25, -0.2) is 0 Å². The highest BCUT2D eigenvalue weighted by atomic mass is 16.4. The monoisotopic (exact) mass is 478 g/mol. The molecule has 182 valence electrons. The topological polar surface area (TPSA) is 77.8 Å². The average molecular weight is 479 g/mol. The zero-order chi connectivity index (χ0) is 25.5. The predicted octanol–water partition coefficient (Wildman–Crippen LogP) is 7.72. The van der Waals surface area contributed by atoms with Gasteiger partial charge in [0.05, 0.1) is 0 Å². The van der Waals surface area contributed by atoms with Crippen molar-refractivity contribution in [1.29, 1.82) is 0 Å². The van der Waals surface area contributed by atoms with Crippen LogP contribution in [0, 0.1) is 0 Å². The first-order chi connectivity index (χ1) is 17.1. The van der Waals surface area contributed by atoms with Crippen LogP contribution in [0.2, 0.25) is 0 Å². The van der Waals surface area contributed by atoms with Gasteiger partial charge < -0.3 is 8.83 Å². The van der Waals surface area contributed by atoms with E-state index in [0.717, 1.165) is 33.4 Å². The fourth-order valence-electron chi connectivity index (χ4n) is 4.33. The standard InChI is InChI=1S/C30H30N4O2/c1-29(2,3)23-16-9-7-14-21(23)27-33-31-25(35-27)19-12-11-13-20(18-19)26-32-34-28(36-26)22-15-8-10-17-24(22)30(4,5)6/h7-18H,1-6H3. The zero-order valence-electron chi connectivity index (χ0n) is 21.5. The summed E-state index contributed by atoms with van der Waals surface area (Å²) in [6.07, 6.45) is 0. The first-order valence-electron chi connectivity index (χ1n) is 12.1. The summed E-state index contributed by atoms with van der Waals surface area (Å²) in [5.41, 5.74) is 5.67. The van der Waals surface area contributed by atoms with E-state index < -0.39 is 0 Å². The molecule has 6 nitrogen and oxygen atoms in total. The Morgan fingerprint density at radius 2 is 0.861 bits per heavy atom. The third-order valence-corrected chi connectivity index (χ3v) is 6.14. The highest BCUT2D eigenvalue weighted by molar-refractivity contribution is 5.68. The molecule has 0 atom stereocenters. The summed E-state index contributed by atoms with van der Waals surface area (Å²) >= 11 is 0. The molecule has 0 radical (unpaired) electrons. The van der Waals surface area contributed by atoms with Crippen molar-refractivity contribution >= 4 is 0 Å². The number of rotatable bonds is 4. The maximum Gasteiger partial charge on any atom is 0.248 e. The van der Waals surface area contributed by atoms with Crippen molar-refractivity contribution in [3.8, 4) is 45.8 Å². The molecule has 2 aromatic heterocycles. The van der Waals surface area contributed by atoms with E-state index in [0.29, 0.717) is 23.6 Å². The molecule has 0 aliphatic carbocycles. The van der Waals surface area contributed by atoms with Gasteiger partial charge in [0.2, 0.25) is 23.6 Å². The van der Waals surface area contributed by atoms with Crippen LogP contribution >= 0.6 is 0 Å². The van der Waals surface area contributed by atoms with Crippen molar-refractivity contribution in [2.75, 3.05) is 0 Å². The van der Waals surface area contributed by atoms with Gasteiger partial charge in [-0.15, -0.1) is 20.4 Å². The Morgan fingerprint density at radius 3 is 1.28 bits per heavy atom. The molecule has 5 aromatic rings. The molecule has 0 N–H and O–H groups in total. The normalized spacial score (nSPS) is 12.2. The molecule has 0 bridgehead atoms. The number of aromatic nitrogens is 4. The van der Waals surface area contributed by atoms with Crippen molar-refractivity contribution in [1.82, 2.24) is 20.4 Å². The van der Waals surface area contributed by atoms with Crippen LogP contribution in [0.15, 0.2) is 81.6 Å². The maximum absolute atomic E-state index is 6.12. The van der Waals surface area contributed by atoms with Crippen LogP contribution < -0.4 is 0 Å². The second kappa shape index (κ2) is 8.86. The lowest BCUT2D eigenvalue weighted by Gasteiger charge is -2.21. The Hall–Kier alpha value is -4.06. The van der Waals surface area contributed by atoms with Crippen LogP contribution in [0.4, 0.5) is 0 Å². The molecule has 0 aliphatic heterocycles. The number of hydrogen-bond acceptors (Lipinski definition) is 6. The highest BCUT2D eigenvalue weighted by Crippen LogP contribution is 2.35. The lowest BCUT2D eigenvalue weighted by molar-refractivity contribution is 0.565. The van der Waals surface area contributed by atoms with E-state index >= 15 is 0 Å². The van der Waals surface area contributed by atoms with Gasteiger partial charge in [-0.1, -0.05) is 84.0 Å². The Balaban J connectivity index is 1.48. The van der Waals surface area contributed by atoms with E-state index in [1.807, 2.05) is 60.7 Å². The second-order valence-electron chi connectivity index (χ2n) is 11.0. The molecule has 0 saturated carbocycles. The smallest absolute Gasteiger partial charge is 0.248 e. The lowest BCUT2D eigenvalue weighted by atomic mass is 9.84. The minimum atomic E-state index is -0.0492. The molecule has 0 amide bonds. The van der Waals surface area contributed by atoms with E-state index in [9.17, 15) is 0 Å². The van der Waals surface area contributed by atoms with Gasteiger partial charge in [-0.2, -0.15) is 0 Å². The summed E-state index contributed by atoms with van der Waals surface area (Å²) < 4.78 is 12.2. The molecular weight excluding hydrogens is 448 g/mol. The summed E-state index contributed by atoms with van der Waals surface area (Å²) in [6, 6.07) is 24.0. The van der Waals surface area contributed by atoms with Crippen LogP contribution in [-0.2, 0) is 10.8 Å². The van der Waals surface area contributed by atoms with Gasteiger partial charge in [0.25, 0.3) is 0 Å². The Morgan fingerprint density at radius 1 is 0.472 bits per heavy atom. The van der Waals surface area contributed by atoms with Crippen molar-refractivity contribution in [2.24, 2.45) is 0 Å². The minimum absolute atomic E-state index is 0.0492. The largest absolute Gasteiger partial charge is 0.416 e. The number of hydrogen-bond donors (Lipinski definition) is 0. The molecule has 0 fully saturated rings.